The van der Waals surface area contributed by atoms with Crippen molar-refractivity contribution >= 4 is 23.9 Å². The van der Waals surface area contributed by atoms with Crippen LogP contribution in [0.4, 0.5) is 0 Å². The van der Waals surface area contributed by atoms with Crippen LogP contribution in [0, 0.1) is 0 Å². The van der Waals surface area contributed by atoms with Gasteiger partial charge in [0.25, 0.3) is 0 Å². The predicted octanol–water partition coefficient (Wildman–Crippen LogP) is 14.7. The number of unbranched alkanes of at least 4 members (excludes halogenated alkanes) is 15. The number of carbonyl (C=O) groups excluding carboxylic acids is 3. The number of allylic oxidation sites excluding steroid dienone is 18. The standard InChI is InChI=1S/C63H100O12/c1-4-7-10-13-16-19-22-25-27-28-30-32-34-37-40-43-46-49-55(64)71-52-54(73-56(65)50-47-44-41-38-35-31-24-21-18-15-12-9-6-3)53-72-63-61(59(68)58(67)60(75-63)62(69)70)74-57(66)51-48-45-42-39-36-33-29-26-23-20-17-14-11-8-5-2/h7,9-10,12,16,18-19,21,25,27,30-32,35,37,40-41,44,54,58-61,63,67-68H,4-6,8,11,13-15,17,20,22-24,26,28-29,33-34,36,38-39,42-43,45-53H2,1-3H3,(H,69,70)/b10-7-,12-9-,19-16-,21-18-,27-25-,32-30-,35-31-,40-37-,44-41-. The van der Waals surface area contributed by atoms with E-state index < -0.39 is 67.3 Å². The van der Waals surface area contributed by atoms with E-state index >= 15 is 0 Å². The first-order valence-corrected chi connectivity index (χ1v) is 28.9. The van der Waals surface area contributed by atoms with Crippen LogP contribution < -0.4 is 0 Å². The summed E-state index contributed by atoms with van der Waals surface area (Å²) < 4.78 is 28.2. The van der Waals surface area contributed by atoms with E-state index in [0.717, 1.165) is 77.0 Å². The zero-order valence-electron chi connectivity index (χ0n) is 46.5. The first-order valence-electron chi connectivity index (χ1n) is 28.9. The van der Waals surface area contributed by atoms with Crippen LogP contribution in [-0.4, -0.2) is 89.2 Å². The van der Waals surface area contributed by atoms with Gasteiger partial charge in [-0.15, -0.1) is 0 Å². The Morgan fingerprint density at radius 2 is 0.867 bits per heavy atom. The molecule has 6 atom stereocenters. The number of aliphatic hydroxyl groups excluding tert-OH is 2. The molecule has 0 aliphatic carbocycles. The van der Waals surface area contributed by atoms with E-state index in [0.29, 0.717) is 32.1 Å². The van der Waals surface area contributed by atoms with Gasteiger partial charge in [-0.2, -0.15) is 0 Å². The van der Waals surface area contributed by atoms with Crippen LogP contribution >= 0.6 is 0 Å². The van der Waals surface area contributed by atoms with Crippen LogP contribution in [0.25, 0.3) is 0 Å². The molecule has 0 aromatic rings. The molecular formula is C63H100O12. The lowest BCUT2D eigenvalue weighted by molar-refractivity contribution is -0.301. The Morgan fingerprint density at radius 1 is 0.453 bits per heavy atom. The topological polar surface area (TPSA) is 175 Å². The number of aliphatic hydroxyl groups is 2. The summed E-state index contributed by atoms with van der Waals surface area (Å²) in [7, 11) is 0. The summed E-state index contributed by atoms with van der Waals surface area (Å²) in [5.74, 6) is -3.32. The minimum Gasteiger partial charge on any atom is -0.479 e. The molecule has 0 saturated carbocycles. The number of rotatable bonds is 47. The Hall–Kier alpha value is -4.62. The SMILES string of the molecule is CC/C=C\C/C=C\C/C=C\C/C=C\C/C=C\CCCC(=O)OCC(COC1OC(C(=O)O)C(O)C(O)C1OC(=O)CCCCCCCCCCCCCCCCC)OC(=O)CC/C=C\C/C=C\C/C=C\C/C=C\CC. The number of hydrogen-bond donors (Lipinski definition) is 3. The van der Waals surface area contributed by atoms with Gasteiger partial charge < -0.3 is 39.0 Å². The van der Waals surface area contributed by atoms with Gasteiger partial charge in [0.2, 0.25) is 0 Å². The maximum atomic E-state index is 13.1. The molecule has 6 unspecified atom stereocenters. The summed E-state index contributed by atoms with van der Waals surface area (Å²) in [4.78, 5) is 51.0. The van der Waals surface area contributed by atoms with Crippen LogP contribution in [0.15, 0.2) is 109 Å². The second kappa shape index (κ2) is 50.2. The van der Waals surface area contributed by atoms with Crippen molar-refractivity contribution in [1.82, 2.24) is 0 Å². The average Bonchev–Trinajstić information content (AvgIpc) is 3.39. The van der Waals surface area contributed by atoms with Crippen molar-refractivity contribution in [1.29, 1.82) is 0 Å². The zero-order chi connectivity index (χ0) is 54.7. The molecular weight excluding hydrogens is 949 g/mol. The molecule has 1 aliphatic heterocycles. The number of carboxylic acids is 1. The van der Waals surface area contributed by atoms with E-state index in [4.69, 9.17) is 23.7 Å². The highest BCUT2D eigenvalue weighted by atomic mass is 16.7. The van der Waals surface area contributed by atoms with E-state index in [2.05, 4.69) is 106 Å². The molecule has 0 spiro atoms. The Balaban J connectivity index is 2.77. The van der Waals surface area contributed by atoms with Crippen molar-refractivity contribution in [3.8, 4) is 0 Å². The van der Waals surface area contributed by atoms with Gasteiger partial charge in [0.1, 0.15) is 18.8 Å². The van der Waals surface area contributed by atoms with Crippen molar-refractivity contribution in [2.45, 2.75) is 250 Å². The van der Waals surface area contributed by atoms with Crippen LogP contribution in [-0.2, 0) is 42.9 Å². The number of carboxylic acid groups (broad SMARTS) is 1. The molecule has 424 valence electrons. The molecule has 1 rings (SSSR count). The van der Waals surface area contributed by atoms with Gasteiger partial charge in [0.15, 0.2) is 24.6 Å². The number of esters is 3. The molecule has 1 fully saturated rings. The summed E-state index contributed by atoms with van der Waals surface area (Å²) >= 11 is 0. The summed E-state index contributed by atoms with van der Waals surface area (Å²) in [5.41, 5.74) is 0. The van der Waals surface area contributed by atoms with Gasteiger partial charge >= 0.3 is 23.9 Å². The molecule has 0 aromatic heterocycles. The normalized spacial score (nSPS) is 19.0. The van der Waals surface area contributed by atoms with Gasteiger partial charge in [-0.25, -0.2) is 4.79 Å². The second-order valence-electron chi connectivity index (χ2n) is 19.2. The Labute approximate surface area is 453 Å². The Bertz CT molecular complexity index is 1720. The number of aliphatic carboxylic acids is 1. The van der Waals surface area contributed by atoms with Gasteiger partial charge in [0.05, 0.1) is 6.61 Å². The highest BCUT2D eigenvalue weighted by molar-refractivity contribution is 5.74. The third kappa shape index (κ3) is 40.3. The van der Waals surface area contributed by atoms with Crippen molar-refractivity contribution in [3.05, 3.63) is 109 Å². The monoisotopic (exact) mass is 1050 g/mol. The largest absolute Gasteiger partial charge is 0.479 e. The first-order chi connectivity index (χ1) is 36.6. The third-order valence-electron chi connectivity index (χ3n) is 12.4. The first kappa shape index (κ1) is 68.4. The fourth-order valence-corrected chi connectivity index (χ4v) is 8.00. The molecule has 75 heavy (non-hydrogen) atoms. The van der Waals surface area contributed by atoms with Gasteiger partial charge in [-0.1, -0.05) is 220 Å². The number of carbonyl (C=O) groups is 4. The third-order valence-corrected chi connectivity index (χ3v) is 12.4. The zero-order valence-corrected chi connectivity index (χ0v) is 46.5. The molecule has 1 saturated heterocycles. The lowest BCUT2D eigenvalue weighted by atomic mass is 9.98. The van der Waals surface area contributed by atoms with Crippen molar-refractivity contribution in [2.75, 3.05) is 13.2 Å². The number of ether oxygens (including phenoxy) is 5. The van der Waals surface area contributed by atoms with Gasteiger partial charge in [0, 0.05) is 19.3 Å². The highest BCUT2D eigenvalue weighted by Gasteiger charge is 2.50. The smallest absolute Gasteiger partial charge is 0.335 e. The molecule has 1 aliphatic rings. The quantitative estimate of drug-likeness (QED) is 0.0228. The van der Waals surface area contributed by atoms with Crippen LogP contribution in [0.5, 0.6) is 0 Å². The maximum Gasteiger partial charge on any atom is 0.335 e. The molecule has 0 bridgehead atoms. The molecule has 0 aromatic carbocycles. The highest BCUT2D eigenvalue weighted by Crippen LogP contribution is 2.26. The fraction of sp³-hybridized carbons (Fsp3) is 0.651. The van der Waals surface area contributed by atoms with E-state index in [-0.39, 0.29) is 25.9 Å². The van der Waals surface area contributed by atoms with Crippen LogP contribution in [0.2, 0.25) is 0 Å². The van der Waals surface area contributed by atoms with Crippen molar-refractivity contribution < 1.29 is 58.2 Å². The van der Waals surface area contributed by atoms with Crippen molar-refractivity contribution in [3.63, 3.8) is 0 Å². The number of hydrogen-bond acceptors (Lipinski definition) is 11. The summed E-state index contributed by atoms with van der Waals surface area (Å²) in [6.07, 6.45) is 55.2. The van der Waals surface area contributed by atoms with Crippen LogP contribution in [0.3, 0.4) is 0 Å². The molecule has 0 radical (unpaired) electrons. The van der Waals surface area contributed by atoms with Crippen molar-refractivity contribution in [2.24, 2.45) is 0 Å². The van der Waals surface area contributed by atoms with E-state index in [1.807, 2.05) is 24.3 Å². The second-order valence-corrected chi connectivity index (χ2v) is 19.2. The molecule has 1 heterocycles. The summed E-state index contributed by atoms with van der Waals surface area (Å²) in [6.45, 7) is 5.64. The Morgan fingerprint density at radius 3 is 1.32 bits per heavy atom. The minimum atomic E-state index is -1.92. The Kier molecular flexibility index (Phi) is 45.8. The van der Waals surface area contributed by atoms with Gasteiger partial charge in [-0.05, 0) is 83.5 Å². The van der Waals surface area contributed by atoms with E-state index in [1.165, 1.54) is 64.2 Å². The van der Waals surface area contributed by atoms with Crippen LogP contribution in [0.1, 0.15) is 213 Å². The average molecular weight is 1050 g/mol. The fourth-order valence-electron chi connectivity index (χ4n) is 8.00. The molecule has 3 N–H and O–H groups in total. The summed E-state index contributed by atoms with van der Waals surface area (Å²) in [6, 6.07) is 0. The van der Waals surface area contributed by atoms with E-state index in [9.17, 15) is 34.5 Å². The van der Waals surface area contributed by atoms with Gasteiger partial charge in [-0.3, -0.25) is 14.4 Å². The molecule has 12 nitrogen and oxygen atoms in total. The molecule has 12 heteroatoms. The lowest BCUT2D eigenvalue weighted by Gasteiger charge is -2.40. The predicted molar refractivity (Wildman–Crippen MR) is 303 cm³/mol. The maximum absolute atomic E-state index is 13.1. The summed E-state index contributed by atoms with van der Waals surface area (Å²) in [5, 5.41) is 31.4. The lowest BCUT2D eigenvalue weighted by Crippen LogP contribution is -2.61. The molecule has 0 amide bonds. The minimum absolute atomic E-state index is 0.0252. The van der Waals surface area contributed by atoms with E-state index in [1.54, 1.807) is 0 Å².